The monoisotopic (exact) mass is 321 g/mol. The number of benzene rings is 1. The molecule has 23 heavy (non-hydrogen) atoms. The molecule has 0 aliphatic carbocycles. The minimum Gasteiger partial charge on any atom is -0.326 e. The predicted octanol–water partition coefficient (Wildman–Crippen LogP) is 6.10. The van der Waals surface area contributed by atoms with Crippen molar-refractivity contribution in [3.63, 3.8) is 0 Å². The Morgan fingerprint density at radius 1 is 1.00 bits per heavy atom. The number of ketones is 1. The van der Waals surface area contributed by atoms with Crippen molar-refractivity contribution in [2.45, 2.75) is 73.1 Å². The quantitative estimate of drug-likeness (QED) is 0.441. The highest BCUT2D eigenvalue weighted by molar-refractivity contribution is 5.95. The van der Waals surface area contributed by atoms with Crippen molar-refractivity contribution in [1.82, 2.24) is 0 Å². The summed E-state index contributed by atoms with van der Waals surface area (Å²) < 4.78 is 0. The molecule has 0 aliphatic rings. The molecule has 1 N–H and O–H groups in total. The largest absolute Gasteiger partial charge is 0.326 e. The molecule has 0 atom stereocenters. The van der Waals surface area contributed by atoms with Crippen molar-refractivity contribution in [2.75, 3.05) is 5.32 Å². The summed E-state index contributed by atoms with van der Waals surface area (Å²) in [4.78, 5) is 23.0. The zero-order valence-corrected chi connectivity index (χ0v) is 15.4. The number of nitrogens with one attached hydrogen (secondary N) is 1. The molecule has 0 saturated heterocycles. The second kappa shape index (κ2) is 12.9. The summed E-state index contributed by atoms with van der Waals surface area (Å²) in [6.07, 6.45) is 6.36. The van der Waals surface area contributed by atoms with Crippen LogP contribution in [0.1, 0.15) is 84.9 Å². The van der Waals surface area contributed by atoms with Crippen LogP contribution in [0.15, 0.2) is 24.3 Å². The van der Waals surface area contributed by atoms with E-state index in [0.717, 1.165) is 24.4 Å². The minimum atomic E-state index is 0. The third-order valence-corrected chi connectivity index (χ3v) is 3.51. The van der Waals surface area contributed by atoms with Gasteiger partial charge < -0.3 is 5.32 Å². The van der Waals surface area contributed by atoms with Gasteiger partial charge in [0.1, 0.15) is 0 Å². The Labute approximate surface area is 143 Å². The lowest BCUT2D eigenvalue weighted by molar-refractivity contribution is -0.116. The molecule has 0 aliphatic heterocycles. The van der Waals surface area contributed by atoms with Crippen molar-refractivity contribution in [1.29, 1.82) is 0 Å². The molecule has 0 unspecified atom stereocenters. The molecule has 3 nitrogen and oxygen atoms in total. The maximum atomic E-state index is 11.8. The Hall–Kier alpha value is -1.64. The molecule has 1 aromatic rings. The van der Waals surface area contributed by atoms with Crippen molar-refractivity contribution < 1.29 is 11.0 Å². The van der Waals surface area contributed by atoms with E-state index < -0.39 is 0 Å². The number of hydrogen-bond donors (Lipinski definition) is 1. The summed E-state index contributed by atoms with van der Waals surface area (Å²) in [6.45, 7) is 10.0. The number of hydrogen-bond acceptors (Lipinski definition) is 2. The average Bonchev–Trinajstić information content (AvgIpc) is 2.53. The van der Waals surface area contributed by atoms with Crippen LogP contribution in [0.25, 0.3) is 0 Å². The third kappa shape index (κ3) is 10.7. The first-order chi connectivity index (χ1) is 11.0. The van der Waals surface area contributed by atoms with Gasteiger partial charge in [-0.3, -0.25) is 9.59 Å². The van der Waals surface area contributed by atoms with Gasteiger partial charge in [-0.25, -0.2) is 0 Å². The number of carbonyl (C=O) groups is 2. The van der Waals surface area contributed by atoms with E-state index in [1.54, 1.807) is 24.3 Å². The van der Waals surface area contributed by atoms with E-state index in [2.05, 4.69) is 19.2 Å². The van der Waals surface area contributed by atoms with E-state index in [9.17, 15) is 9.59 Å². The molecule has 0 fully saturated rings. The van der Waals surface area contributed by atoms with Crippen LogP contribution in [-0.2, 0) is 4.79 Å². The molecule has 0 bridgehead atoms. The van der Waals surface area contributed by atoms with Gasteiger partial charge in [0.25, 0.3) is 0 Å². The number of unbranched alkanes of at least 4 members (excludes halogenated alkanes) is 3. The first-order valence-electron chi connectivity index (χ1n) is 8.90. The van der Waals surface area contributed by atoms with Crippen molar-refractivity contribution in [2.24, 2.45) is 5.92 Å². The van der Waals surface area contributed by atoms with Crippen LogP contribution < -0.4 is 5.32 Å². The lowest BCUT2D eigenvalue weighted by Gasteiger charge is -2.06. The molecular weight excluding hydrogens is 286 g/mol. The van der Waals surface area contributed by atoms with Gasteiger partial charge in [-0.15, -0.1) is 0 Å². The van der Waals surface area contributed by atoms with Crippen LogP contribution in [-0.4, -0.2) is 11.7 Å². The number of Topliss-reactive ketones (excluding diaryl/α,β-unsaturated/α-hetero) is 1. The Bertz CT molecular complexity index is 455. The smallest absolute Gasteiger partial charge is 0.224 e. The molecule has 0 radical (unpaired) electrons. The first kappa shape index (κ1) is 21.4. The van der Waals surface area contributed by atoms with Crippen molar-refractivity contribution in [3.05, 3.63) is 29.8 Å². The average molecular weight is 322 g/mol. The van der Waals surface area contributed by atoms with Gasteiger partial charge in [0, 0.05) is 19.1 Å². The number of anilines is 1. The third-order valence-electron chi connectivity index (χ3n) is 3.51. The van der Waals surface area contributed by atoms with E-state index >= 15 is 0 Å². The zero-order chi connectivity index (χ0) is 17.7. The Balaban J connectivity index is 0. The highest BCUT2D eigenvalue weighted by atomic mass is 16.1. The van der Waals surface area contributed by atoms with Crippen LogP contribution in [0.2, 0.25) is 0 Å². The highest BCUT2D eigenvalue weighted by Gasteiger charge is 2.04. The van der Waals surface area contributed by atoms with Crippen LogP contribution in [0.5, 0.6) is 0 Å². The summed E-state index contributed by atoms with van der Waals surface area (Å²) in [6, 6.07) is 7.03. The summed E-state index contributed by atoms with van der Waals surface area (Å²) in [5.74, 6) is 0.856. The van der Waals surface area contributed by atoms with Gasteiger partial charge in [0.15, 0.2) is 5.78 Å². The van der Waals surface area contributed by atoms with Gasteiger partial charge in [-0.05, 0) is 43.5 Å². The second-order valence-corrected chi connectivity index (χ2v) is 6.03. The topological polar surface area (TPSA) is 46.2 Å². The fourth-order valence-corrected chi connectivity index (χ4v) is 2.20. The highest BCUT2D eigenvalue weighted by Crippen LogP contribution is 2.13. The van der Waals surface area contributed by atoms with Crippen molar-refractivity contribution >= 4 is 17.4 Å². The zero-order valence-electron chi connectivity index (χ0n) is 15.4. The summed E-state index contributed by atoms with van der Waals surface area (Å²) in [5.41, 5.74) is 1.42. The molecule has 1 aromatic carbocycles. The van der Waals surface area contributed by atoms with E-state index in [0.29, 0.717) is 12.0 Å². The molecule has 0 heterocycles. The molecule has 0 saturated carbocycles. The second-order valence-electron chi connectivity index (χ2n) is 6.03. The Morgan fingerprint density at radius 3 is 2.09 bits per heavy atom. The Morgan fingerprint density at radius 2 is 1.57 bits per heavy atom. The molecular formula is C20H35NO2. The van der Waals surface area contributed by atoms with E-state index in [4.69, 9.17) is 0 Å². The normalized spacial score (nSPS) is 10.0. The summed E-state index contributed by atoms with van der Waals surface area (Å²) in [5, 5.41) is 2.87. The lowest BCUT2D eigenvalue weighted by Crippen LogP contribution is -2.11. The first-order valence-corrected chi connectivity index (χ1v) is 8.90. The number of carbonyl (C=O) groups excluding carboxylic acids is 2. The maximum absolute atomic E-state index is 11.8. The lowest BCUT2D eigenvalue weighted by atomic mass is 10.0. The fraction of sp³-hybridized carbons (Fsp3) is 0.600. The van der Waals surface area contributed by atoms with Crippen LogP contribution in [0.3, 0.4) is 0 Å². The van der Waals surface area contributed by atoms with Gasteiger partial charge >= 0.3 is 0 Å². The molecule has 132 valence electrons. The molecule has 3 heteroatoms. The van der Waals surface area contributed by atoms with Crippen LogP contribution >= 0.6 is 0 Å². The fourth-order valence-electron chi connectivity index (χ4n) is 2.20. The predicted molar refractivity (Wildman–Crippen MR) is 101 cm³/mol. The molecule has 0 aromatic heterocycles. The molecule has 1 amide bonds. The minimum absolute atomic E-state index is 0. The standard InChI is InChI=1S/C18H27NO2.C2H6.H2/c1-14(2)8-6-4-5-7-9-18(21)19-17-12-10-16(11-13-17)15(3)20;1-2;/h10-14H,4-9H2,1-3H3,(H,19,21);1-2H3;1H. The SMILES string of the molecule is CC.CC(=O)c1ccc(NC(=O)CCCCCCC(C)C)cc1.[HH]. The van der Waals surface area contributed by atoms with E-state index in [-0.39, 0.29) is 13.1 Å². The number of amides is 1. The molecule has 0 spiro atoms. The van der Waals surface area contributed by atoms with E-state index in [1.165, 1.54) is 26.2 Å². The maximum Gasteiger partial charge on any atom is 0.224 e. The number of rotatable bonds is 9. The van der Waals surface area contributed by atoms with Crippen molar-refractivity contribution in [3.8, 4) is 0 Å². The Kier molecular flexibility index (Phi) is 11.9. The van der Waals surface area contributed by atoms with Gasteiger partial charge in [0.2, 0.25) is 5.91 Å². The molecule has 1 rings (SSSR count). The van der Waals surface area contributed by atoms with Gasteiger partial charge in [0.05, 0.1) is 0 Å². The van der Waals surface area contributed by atoms with Crippen LogP contribution in [0.4, 0.5) is 5.69 Å². The van der Waals surface area contributed by atoms with E-state index in [1.807, 2.05) is 13.8 Å². The summed E-state index contributed by atoms with van der Waals surface area (Å²) >= 11 is 0. The summed E-state index contributed by atoms with van der Waals surface area (Å²) in [7, 11) is 0. The van der Waals surface area contributed by atoms with Gasteiger partial charge in [-0.1, -0.05) is 53.4 Å². The van der Waals surface area contributed by atoms with Gasteiger partial charge in [-0.2, -0.15) is 0 Å². The van der Waals surface area contributed by atoms with Crippen LogP contribution in [0, 0.1) is 5.92 Å².